The maximum absolute atomic E-state index is 15.2. The zero-order chi connectivity index (χ0) is 26.6. The molecule has 4 rings (SSSR count). The van der Waals surface area contributed by atoms with E-state index >= 15 is 4.57 Å². The lowest BCUT2D eigenvalue weighted by molar-refractivity contribution is -0.147. The summed E-state index contributed by atoms with van der Waals surface area (Å²) < 4.78 is 30.6. The molecule has 0 saturated carbocycles. The van der Waals surface area contributed by atoms with Gasteiger partial charge in [-0.25, -0.2) is 9.34 Å². The SMILES string of the molecule is CCCOC(=O)[C@@H]1CCCN1P(=O)(Cc1ccc2sc(C(N)=O)cc2c1)N1CCC[C@H]1C(=O)OCCC. The number of hydrogen-bond donors (Lipinski definition) is 1. The van der Waals surface area contributed by atoms with E-state index in [1.165, 1.54) is 11.3 Å². The summed E-state index contributed by atoms with van der Waals surface area (Å²) in [5.74, 6) is -1.20. The molecule has 11 heteroatoms. The Hall–Kier alpha value is -2.26. The highest BCUT2D eigenvalue weighted by Gasteiger charge is 2.51. The summed E-state index contributed by atoms with van der Waals surface area (Å²) in [4.78, 5) is 38.1. The van der Waals surface area contributed by atoms with Crippen molar-refractivity contribution >= 4 is 46.7 Å². The van der Waals surface area contributed by atoms with Crippen LogP contribution in [0.3, 0.4) is 0 Å². The number of amides is 1. The van der Waals surface area contributed by atoms with Gasteiger partial charge in [-0.3, -0.25) is 18.9 Å². The fourth-order valence-electron chi connectivity index (χ4n) is 5.21. The third kappa shape index (κ3) is 5.93. The molecule has 0 unspecified atom stereocenters. The second-order valence-electron chi connectivity index (χ2n) is 9.65. The van der Waals surface area contributed by atoms with Crippen LogP contribution in [0.25, 0.3) is 10.1 Å². The molecule has 3 heterocycles. The monoisotopic (exact) mass is 549 g/mol. The number of rotatable bonds is 11. The van der Waals surface area contributed by atoms with Crippen LogP contribution < -0.4 is 5.73 Å². The molecule has 2 aliphatic rings. The van der Waals surface area contributed by atoms with Crippen LogP contribution in [0.2, 0.25) is 0 Å². The van der Waals surface area contributed by atoms with Crippen LogP contribution in [0, 0.1) is 0 Å². The van der Waals surface area contributed by atoms with Crippen molar-refractivity contribution in [3.05, 3.63) is 34.7 Å². The van der Waals surface area contributed by atoms with Gasteiger partial charge >= 0.3 is 11.9 Å². The third-order valence-electron chi connectivity index (χ3n) is 6.91. The zero-order valence-corrected chi connectivity index (χ0v) is 23.2. The van der Waals surface area contributed by atoms with Gasteiger partial charge in [-0.05, 0) is 67.7 Å². The van der Waals surface area contributed by atoms with E-state index in [1.807, 2.05) is 41.4 Å². The summed E-state index contributed by atoms with van der Waals surface area (Å²) in [6.07, 6.45) is 4.16. The molecule has 0 aliphatic carbocycles. The Labute approximate surface area is 221 Å². The Kier molecular flexibility index (Phi) is 9.06. The molecule has 2 fully saturated rings. The molecule has 202 valence electrons. The molecule has 2 aromatic rings. The van der Waals surface area contributed by atoms with Crippen molar-refractivity contribution in [3.63, 3.8) is 0 Å². The van der Waals surface area contributed by atoms with E-state index in [2.05, 4.69) is 0 Å². The van der Waals surface area contributed by atoms with E-state index in [4.69, 9.17) is 15.2 Å². The highest BCUT2D eigenvalue weighted by atomic mass is 32.1. The molecule has 1 aromatic carbocycles. The van der Waals surface area contributed by atoms with Gasteiger partial charge in [0, 0.05) is 17.8 Å². The third-order valence-corrected chi connectivity index (χ3v) is 11.4. The predicted octanol–water partition coefficient (Wildman–Crippen LogP) is 4.53. The Morgan fingerprint density at radius 3 is 2.05 bits per heavy atom. The van der Waals surface area contributed by atoms with Crippen molar-refractivity contribution in [3.8, 4) is 0 Å². The molecule has 2 N–H and O–H groups in total. The normalized spacial score (nSPS) is 20.9. The molecule has 1 amide bonds. The number of nitrogens with zero attached hydrogens (tertiary/aromatic N) is 2. The van der Waals surface area contributed by atoms with Crippen LogP contribution in [0.4, 0.5) is 0 Å². The lowest BCUT2D eigenvalue weighted by Crippen LogP contribution is -2.44. The molecule has 2 aliphatic heterocycles. The Balaban J connectivity index is 1.70. The molecule has 0 radical (unpaired) electrons. The Morgan fingerprint density at radius 1 is 0.973 bits per heavy atom. The van der Waals surface area contributed by atoms with Crippen LogP contribution in [-0.4, -0.2) is 65.6 Å². The minimum atomic E-state index is -3.43. The molecule has 2 saturated heterocycles. The second kappa shape index (κ2) is 12.1. The number of esters is 2. The fraction of sp³-hybridized carbons (Fsp3) is 0.577. The first-order valence-electron chi connectivity index (χ1n) is 13.1. The number of fused-ring (bicyclic) bond motifs is 1. The van der Waals surface area contributed by atoms with E-state index in [0.717, 1.165) is 28.5 Å². The number of carbonyl (C=O) groups is 3. The highest BCUT2D eigenvalue weighted by Crippen LogP contribution is 2.61. The second-order valence-corrected chi connectivity index (χ2v) is 13.4. The van der Waals surface area contributed by atoms with Gasteiger partial charge in [-0.15, -0.1) is 11.3 Å². The molecule has 9 nitrogen and oxygen atoms in total. The van der Waals surface area contributed by atoms with Crippen LogP contribution in [-0.2, 0) is 29.8 Å². The zero-order valence-electron chi connectivity index (χ0n) is 21.5. The molecular formula is C26H36N3O6PS. The standard InChI is InChI=1S/C26H36N3O6PS/c1-3-13-34-25(31)20-7-5-11-28(20)36(33,29-12-6-8-21(29)26(32)35-14-4-2)17-18-9-10-22-19(15-18)16-23(37-22)24(27)30/h9-10,15-16,20-21H,3-8,11-14,17H2,1-2H3,(H2,27,30)/t20-,21-/m0/s1. The summed E-state index contributed by atoms with van der Waals surface area (Å²) in [6, 6.07) is 6.25. The van der Waals surface area contributed by atoms with E-state index < -0.39 is 25.4 Å². The van der Waals surface area contributed by atoms with Crippen molar-refractivity contribution in [2.75, 3.05) is 26.3 Å². The van der Waals surface area contributed by atoms with E-state index in [-0.39, 0.29) is 18.1 Å². The minimum absolute atomic E-state index is 0.166. The van der Waals surface area contributed by atoms with Crippen molar-refractivity contribution in [1.82, 2.24) is 9.34 Å². The molecule has 2 atom stereocenters. The lowest BCUT2D eigenvalue weighted by Gasteiger charge is -2.40. The number of primary amides is 1. The van der Waals surface area contributed by atoms with Gasteiger partial charge in [0.25, 0.3) is 5.91 Å². The largest absolute Gasteiger partial charge is 0.465 e. The van der Waals surface area contributed by atoms with Crippen molar-refractivity contribution in [2.45, 2.75) is 70.6 Å². The Bertz CT molecular complexity index is 1160. The smallest absolute Gasteiger partial charge is 0.323 e. The first kappa shape index (κ1) is 27.8. The Morgan fingerprint density at radius 2 is 1.54 bits per heavy atom. The van der Waals surface area contributed by atoms with Crippen LogP contribution in [0.15, 0.2) is 24.3 Å². The quantitative estimate of drug-likeness (QED) is 0.321. The molecule has 1 aromatic heterocycles. The van der Waals surface area contributed by atoms with Gasteiger partial charge in [0.05, 0.1) is 24.3 Å². The summed E-state index contributed by atoms with van der Waals surface area (Å²) in [7, 11) is -3.43. The molecule has 0 bridgehead atoms. The van der Waals surface area contributed by atoms with E-state index in [9.17, 15) is 14.4 Å². The summed E-state index contributed by atoms with van der Waals surface area (Å²) >= 11 is 1.32. The van der Waals surface area contributed by atoms with Crippen molar-refractivity contribution in [1.29, 1.82) is 0 Å². The average Bonchev–Trinajstić information content (AvgIpc) is 3.64. The first-order valence-corrected chi connectivity index (χ1v) is 15.7. The fourth-order valence-corrected chi connectivity index (χ4v) is 9.63. The van der Waals surface area contributed by atoms with Gasteiger partial charge in [0.1, 0.15) is 12.1 Å². The van der Waals surface area contributed by atoms with Crippen LogP contribution >= 0.6 is 18.8 Å². The van der Waals surface area contributed by atoms with Crippen molar-refractivity contribution in [2.24, 2.45) is 5.73 Å². The van der Waals surface area contributed by atoms with Crippen molar-refractivity contribution < 1.29 is 28.4 Å². The van der Waals surface area contributed by atoms with Gasteiger partial charge in [0.15, 0.2) is 0 Å². The maximum Gasteiger partial charge on any atom is 0.323 e. The topological polar surface area (TPSA) is 119 Å². The predicted molar refractivity (Wildman–Crippen MR) is 144 cm³/mol. The number of ether oxygens (including phenoxy) is 2. The molecule has 37 heavy (non-hydrogen) atoms. The lowest BCUT2D eigenvalue weighted by atomic mass is 10.2. The average molecular weight is 550 g/mol. The maximum atomic E-state index is 15.2. The number of carbonyl (C=O) groups excluding carboxylic acids is 3. The number of benzene rings is 1. The minimum Gasteiger partial charge on any atom is -0.465 e. The summed E-state index contributed by atoms with van der Waals surface area (Å²) in [5.41, 5.74) is 6.28. The van der Waals surface area contributed by atoms with Gasteiger partial charge < -0.3 is 15.2 Å². The van der Waals surface area contributed by atoms with Gasteiger partial charge in [0.2, 0.25) is 7.44 Å². The molecule has 0 spiro atoms. The number of hydrogen-bond acceptors (Lipinski definition) is 7. The van der Waals surface area contributed by atoms with Crippen LogP contribution in [0.5, 0.6) is 0 Å². The van der Waals surface area contributed by atoms with Crippen LogP contribution in [0.1, 0.15) is 67.6 Å². The number of nitrogens with two attached hydrogens (primary N) is 1. The summed E-state index contributed by atoms with van der Waals surface area (Å²) in [5, 5.41) is 0.850. The van der Waals surface area contributed by atoms with Gasteiger partial charge in [-0.1, -0.05) is 19.9 Å². The molecular weight excluding hydrogens is 513 g/mol. The summed E-state index contributed by atoms with van der Waals surface area (Å²) in [6.45, 7) is 5.49. The van der Waals surface area contributed by atoms with Gasteiger partial charge in [-0.2, -0.15) is 0 Å². The number of thiophene rings is 1. The highest BCUT2D eigenvalue weighted by molar-refractivity contribution is 7.58. The first-order chi connectivity index (χ1) is 17.8. The van der Waals surface area contributed by atoms with E-state index in [0.29, 0.717) is 56.9 Å². The van der Waals surface area contributed by atoms with E-state index in [1.54, 1.807) is 6.07 Å².